The molecule has 2 heterocycles. The zero-order valence-corrected chi connectivity index (χ0v) is 31.9. The number of imidazole rings is 1. The summed E-state index contributed by atoms with van der Waals surface area (Å²) in [6, 6.07) is 43.6. The molecule has 254 valence electrons. The van der Waals surface area contributed by atoms with E-state index in [0.29, 0.717) is 0 Å². The SMILES string of the molecule is Cn1c(-c2cc(C(C)(C)C)cc(C(C)(C)C)c2O)nc2c(-c3[c-]c(-c4cc(-c5cccc(-c6ccccc6)c5)ccn4)ccc3)cccc21.[Pt]. The Hall–Kier alpha value is -4.79. The fourth-order valence-electron chi connectivity index (χ4n) is 6.52. The van der Waals surface area contributed by atoms with Gasteiger partial charge in [-0.1, -0.05) is 125 Å². The summed E-state index contributed by atoms with van der Waals surface area (Å²) in [6.07, 6.45) is 1.87. The topological polar surface area (TPSA) is 50.9 Å². The number of benzene rings is 5. The molecule has 7 aromatic rings. The number of nitrogens with zero attached hydrogens (tertiary/aromatic N) is 3. The maximum atomic E-state index is 11.7. The van der Waals surface area contributed by atoms with Crippen LogP contribution in [0.1, 0.15) is 52.7 Å². The fourth-order valence-corrected chi connectivity index (χ4v) is 6.52. The average molecular weight is 836 g/mol. The van der Waals surface area contributed by atoms with Crippen LogP contribution in [0.25, 0.3) is 67.1 Å². The van der Waals surface area contributed by atoms with Gasteiger partial charge in [0.15, 0.2) is 0 Å². The van der Waals surface area contributed by atoms with Crippen LogP contribution in [0.15, 0.2) is 121 Å². The van der Waals surface area contributed by atoms with Gasteiger partial charge >= 0.3 is 0 Å². The first-order valence-electron chi connectivity index (χ1n) is 16.9. The van der Waals surface area contributed by atoms with Crippen LogP contribution in [-0.2, 0) is 38.9 Å². The fraction of sp³-hybridized carbons (Fsp3) is 0.200. The molecule has 0 spiro atoms. The van der Waals surface area contributed by atoms with E-state index in [4.69, 9.17) is 9.97 Å². The van der Waals surface area contributed by atoms with E-state index in [0.717, 1.165) is 61.5 Å². The minimum atomic E-state index is -0.235. The van der Waals surface area contributed by atoms with Gasteiger partial charge in [-0.25, -0.2) is 4.98 Å². The maximum Gasteiger partial charge on any atom is 0.143 e. The zero-order valence-electron chi connectivity index (χ0n) is 29.7. The summed E-state index contributed by atoms with van der Waals surface area (Å²) in [7, 11) is 2.02. The minimum Gasteiger partial charge on any atom is -0.507 e. The van der Waals surface area contributed by atoms with E-state index in [9.17, 15) is 5.11 Å². The molecule has 0 aliphatic rings. The summed E-state index contributed by atoms with van der Waals surface area (Å²) >= 11 is 0. The molecule has 0 radical (unpaired) electrons. The van der Waals surface area contributed by atoms with Gasteiger partial charge in [-0.15, -0.1) is 29.8 Å². The number of rotatable bonds is 5. The number of aromatic nitrogens is 3. The molecule has 5 aromatic carbocycles. The second-order valence-corrected chi connectivity index (χ2v) is 14.9. The van der Waals surface area contributed by atoms with Crippen molar-refractivity contribution >= 4 is 11.0 Å². The van der Waals surface area contributed by atoms with Gasteiger partial charge in [-0.3, -0.25) is 4.98 Å². The molecule has 0 saturated carbocycles. The summed E-state index contributed by atoms with van der Waals surface area (Å²) in [4.78, 5) is 9.98. The average Bonchev–Trinajstić information content (AvgIpc) is 3.44. The Morgan fingerprint density at radius 1 is 0.620 bits per heavy atom. The summed E-state index contributed by atoms with van der Waals surface area (Å²) < 4.78 is 2.09. The van der Waals surface area contributed by atoms with Crippen molar-refractivity contribution < 1.29 is 26.2 Å². The van der Waals surface area contributed by atoms with Crippen LogP contribution in [0, 0.1) is 6.07 Å². The Bertz CT molecular complexity index is 2320. The number of aromatic hydroxyl groups is 1. The smallest absolute Gasteiger partial charge is 0.143 e. The van der Waals surface area contributed by atoms with Crippen molar-refractivity contribution in [1.82, 2.24) is 14.5 Å². The minimum absolute atomic E-state index is 0. The van der Waals surface area contributed by atoms with Gasteiger partial charge in [-0.2, -0.15) is 0 Å². The van der Waals surface area contributed by atoms with Crippen LogP contribution in [0.5, 0.6) is 5.75 Å². The second-order valence-electron chi connectivity index (χ2n) is 14.9. The van der Waals surface area contributed by atoms with Gasteiger partial charge in [-0.05, 0) is 62.9 Å². The van der Waals surface area contributed by atoms with Gasteiger partial charge in [0.25, 0.3) is 0 Å². The van der Waals surface area contributed by atoms with Crippen molar-refractivity contribution in [2.75, 3.05) is 0 Å². The number of pyridine rings is 1. The molecule has 50 heavy (non-hydrogen) atoms. The number of hydrogen-bond acceptors (Lipinski definition) is 3. The van der Waals surface area contributed by atoms with E-state index >= 15 is 0 Å². The number of hydrogen-bond donors (Lipinski definition) is 1. The second kappa shape index (κ2) is 13.5. The first kappa shape index (κ1) is 35.0. The third-order valence-corrected chi connectivity index (χ3v) is 9.36. The molecule has 4 nitrogen and oxygen atoms in total. The van der Waals surface area contributed by atoms with E-state index in [1.807, 2.05) is 19.3 Å². The number of para-hydroxylation sites is 1. The van der Waals surface area contributed by atoms with Crippen LogP contribution in [0.3, 0.4) is 0 Å². The molecule has 0 fully saturated rings. The van der Waals surface area contributed by atoms with Crippen molar-refractivity contribution in [3.05, 3.63) is 139 Å². The normalized spacial score (nSPS) is 11.8. The molecule has 2 aromatic heterocycles. The van der Waals surface area contributed by atoms with Crippen LogP contribution < -0.4 is 0 Å². The quantitative estimate of drug-likeness (QED) is 0.176. The molecule has 0 aliphatic heterocycles. The van der Waals surface area contributed by atoms with E-state index in [1.165, 1.54) is 16.7 Å². The summed E-state index contributed by atoms with van der Waals surface area (Å²) in [6.45, 7) is 13.0. The van der Waals surface area contributed by atoms with Crippen LogP contribution in [0.4, 0.5) is 0 Å². The zero-order chi connectivity index (χ0) is 34.5. The Morgan fingerprint density at radius 2 is 1.26 bits per heavy atom. The van der Waals surface area contributed by atoms with Crippen molar-refractivity contribution in [3.63, 3.8) is 0 Å². The predicted molar refractivity (Wildman–Crippen MR) is 204 cm³/mol. The molecule has 7 rings (SSSR count). The van der Waals surface area contributed by atoms with Gasteiger partial charge in [0.05, 0.1) is 16.6 Å². The molecule has 0 atom stereocenters. The van der Waals surface area contributed by atoms with E-state index in [1.54, 1.807) is 0 Å². The maximum absolute atomic E-state index is 11.7. The Morgan fingerprint density at radius 3 is 1.98 bits per heavy atom. The summed E-state index contributed by atoms with van der Waals surface area (Å²) in [5.41, 5.74) is 12.7. The number of aryl methyl sites for hydroxylation is 1. The molecule has 0 bridgehead atoms. The molecule has 1 N–H and O–H groups in total. The largest absolute Gasteiger partial charge is 0.507 e. The Balaban J connectivity index is 0.00000432. The number of phenolic OH excluding ortho intramolecular Hbond substituents is 1. The van der Waals surface area contributed by atoms with Gasteiger partial charge in [0.2, 0.25) is 0 Å². The third-order valence-electron chi connectivity index (χ3n) is 9.36. The van der Waals surface area contributed by atoms with Crippen molar-refractivity contribution in [2.24, 2.45) is 7.05 Å². The number of fused-ring (bicyclic) bond motifs is 1. The predicted octanol–water partition coefficient (Wildman–Crippen LogP) is 11.4. The Labute approximate surface area is 310 Å². The van der Waals surface area contributed by atoms with Crippen molar-refractivity contribution in [3.8, 4) is 61.8 Å². The van der Waals surface area contributed by atoms with Gasteiger partial charge in [0, 0.05) is 45.6 Å². The molecular weight excluding hydrogens is 794 g/mol. The van der Waals surface area contributed by atoms with E-state index < -0.39 is 0 Å². The third kappa shape index (κ3) is 6.70. The van der Waals surface area contributed by atoms with Crippen molar-refractivity contribution in [1.29, 1.82) is 0 Å². The van der Waals surface area contributed by atoms with Gasteiger partial charge < -0.3 is 9.67 Å². The summed E-state index contributed by atoms with van der Waals surface area (Å²) in [5, 5.41) is 11.7. The first-order chi connectivity index (χ1) is 23.4. The van der Waals surface area contributed by atoms with Crippen LogP contribution >= 0.6 is 0 Å². The summed E-state index contributed by atoms with van der Waals surface area (Å²) in [5.74, 6) is 1.02. The van der Waals surface area contributed by atoms with E-state index in [2.05, 4.69) is 161 Å². The van der Waals surface area contributed by atoms with Crippen molar-refractivity contribution in [2.45, 2.75) is 52.4 Å². The van der Waals surface area contributed by atoms with Gasteiger partial charge in [0.1, 0.15) is 11.6 Å². The molecule has 0 amide bonds. The van der Waals surface area contributed by atoms with E-state index in [-0.39, 0.29) is 37.6 Å². The van der Waals surface area contributed by atoms with Crippen LogP contribution in [0.2, 0.25) is 0 Å². The molecular formula is C45H42N3OPt-. The molecule has 0 saturated heterocycles. The molecule has 0 unspecified atom stereocenters. The standard InChI is InChI=1S/C45H42N3O.Pt/c1-44(2,3)35-27-37(42(49)38(28-35)45(4,5)6)43-47-41-36(20-13-21-40(41)48(43)7)33-18-12-19-34(25-33)39-26-32(22-23-46-39)31-17-11-16-30(24-31)29-14-9-8-10-15-29;/h8-24,26-28,49H,1-7H3;/q-1;. The van der Waals surface area contributed by atoms with Crippen LogP contribution in [-0.4, -0.2) is 19.6 Å². The Kier molecular flexibility index (Phi) is 9.46. The molecule has 5 heteroatoms. The monoisotopic (exact) mass is 835 g/mol. The number of phenols is 1. The first-order valence-corrected chi connectivity index (χ1v) is 16.9. The molecule has 0 aliphatic carbocycles.